The maximum atomic E-state index is 12.8. The summed E-state index contributed by atoms with van der Waals surface area (Å²) in [6, 6.07) is 24.6. The number of nitrogens with zero attached hydrogens (tertiary/aromatic N) is 1. The third-order valence-corrected chi connectivity index (χ3v) is 6.01. The number of carbonyl (C=O) groups is 2. The van der Waals surface area contributed by atoms with Gasteiger partial charge in [0.1, 0.15) is 0 Å². The molecule has 0 aromatic heterocycles. The van der Waals surface area contributed by atoms with Gasteiger partial charge in [-0.1, -0.05) is 96.9 Å². The predicted octanol–water partition coefficient (Wildman–Crippen LogP) is 5.54. The number of halogens is 2. The Labute approximate surface area is 199 Å². The van der Waals surface area contributed by atoms with Crippen LogP contribution in [0.4, 0.5) is 0 Å². The van der Waals surface area contributed by atoms with Gasteiger partial charge in [0.25, 0.3) is 0 Å². The van der Waals surface area contributed by atoms with Crippen LogP contribution in [-0.4, -0.2) is 30.3 Å². The van der Waals surface area contributed by atoms with E-state index in [1.807, 2.05) is 73.7 Å². The lowest BCUT2D eigenvalue weighted by molar-refractivity contribution is -0.137. The summed E-state index contributed by atoms with van der Waals surface area (Å²) in [5, 5.41) is 4.02. The van der Waals surface area contributed by atoms with Crippen molar-refractivity contribution in [3.8, 4) is 0 Å². The fraction of sp³-hybridized carbons (Fsp3) is 0.231. The zero-order valence-electron chi connectivity index (χ0n) is 18.1. The largest absolute Gasteiger partial charge is 0.344 e. The number of benzene rings is 3. The predicted molar refractivity (Wildman–Crippen MR) is 130 cm³/mol. The molecule has 0 saturated heterocycles. The van der Waals surface area contributed by atoms with Crippen molar-refractivity contribution in [3.05, 3.63) is 106 Å². The van der Waals surface area contributed by atoms with Gasteiger partial charge in [0, 0.05) is 13.0 Å². The van der Waals surface area contributed by atoms with Crippen molar-refractivity contribution >= 4 is 35.0 Å². The van der Waals surface area contributed by atoms with E-state index in [1.54, 1.807) is 19.2 Å². The molecule has 0 saturated carbocycles. The van der Waals surface area contributed by atoms with Crippen molar-refractivity contribution in [1.82, 2.24) is 10.2 Å². The van der Waals surface area contributed by atoms with Crippen LogP contribution in [-0.2, 0) is 16.0 Å². The van der Waals surface area contributed by atoms with Crippen LogP contribution in [0.3, 0.4) is 0 Å². The minimum absolute atomic E-state index is 0.0271. The van der Waals surface area contributed by atoms with Crippen LogP contribution in [0.5, 0.6) is 0 Å². The zero-order chi connectivity index (χ0) is 23.1. The van der Waals surface area contributed by atoms with E-state index in [0.717, 1.165) is 16.7 Å². The molecule has 0 spiro atoms. The van der Waals surface area contributed by atoms with E-state index in [9.17, 15) is 9.59 Å². The summed E-state index contributed by atoms with van der Waals surface area (Å²) in [5.74, 6) is -0.633. The van der Waals surface area contributed by atoms with Crippen molar-refractivity contribution in [1.29, 1.82) is 0 Å². The van der Waals surface area contributed by atoms with E-state index < -0.39 is 0 Å². The van der Waals surface area contributed by atoms with Gasteiger partial charge in [0.15, 0.2) is 0 Å². The molecule has 3 rings (SSSR count). The van der Waals surface area contributed by atoms with Gasteiger partial charge in [0.05, 0.1) is 22.6 Å². The molecule has 0 radical (unpaired) electrons. The minimum atomic E-state index is -0.302. The molecular weight excluding hydrogens is 443 g/mol. The Morgan fingerprint density at radius 1 is 0.875 bits per heavy atom. The minimum Gasteiger partial charge on any atom is -0.344 e. The number of carbonyl (C=O) groups excluding carboxylic acids is 2. The second kappa shape index (κ2) is 11.2. The third kappa shape index (κ3) is 6.35. The third-order valence-electron chi connectivity index (χ3n) is 5.28. The lowest BCUT2D eigenvalue weighted by Gasteiger charge is -2.24. The zero-order valence-corrected chi connectivity index (χ0v) is 19.6. The summed E-state index contributed by atoms with van der Waals surface area (Å²) in [5.41, 5.74) is 2.88. The maximum Gasteiger partial charge on any atom is 0.240 e. The quantitative estimate of drug-likeness (QED) is 0.471. The molecule has 3 aromatic carbocycles. The Morgan fingerprint density at radius 2 is 1.44 bits per heavy atom. The standard InChI is InChI=1S/C26H26Cl2N2O2/c1-18(15-19-13-14-22(27)23(28)16-19)26(32)30(2)17-24(31)29-25(20-9-5-3-6-10-20)21-11-7-4-8-12-21/h3-14,16,18,25H,15,17H2,1-2H3,(H,29,31). The van der Waals surface area contributed by atoms with E-state index in [0.29, 0.717) is 16.5 Å². The number of nitrogens with one attached hydrogen (secondary N) is 1. The molecule has 1 N–H and O–H groups in total. The topological polar surface area (TPSA) is 49.4 Å². The van der Waals surface area contributed by atoms with Gasteiger partial charge in [0.2, 0.25) is 11.8 Å². The molecule has 3 aromatic rings. The first kappa shape index (κ1) is 23.8. The molecule has 0 aliphatic carbocycles. The van der Waals surface area contributed by atoms with Gasteiger partial charge in [-0.15, -0.1) is 0 Å². The highest BCUT2D eigenvalue weighted by Crippen LogP contribution is 2.24. The number of likely N-dealkylation sites (N-methyl/N-ethyl adjacent to an activating group) is 1. The van der Waals surface area contributed by atoms with Gasteiger partial charge in [-0.3, -0.25) is 9.59 Å². The first-order valence-electron chi connectivity index (χ1n) is 10.4. The Bertz CT molecular complexity index is 1020. The van der Waals surface area contributed by atoms with E-state index in [-0.39, 0.29) is 30.3 Å². The van der Waals surface area contributed by atoms with Crippen LogP contribution < -0.4 is 5.32 Å². The van der Waals surface area contributed by atoms with Gasteiger partial charge >= 0.3 is 0 Å². The van der Waals surface area contributed by atoms with Crippen LogP contribution >= 0.6 is 23.2 Å². The highest BCUT2D eigenvalue weighted by Gasteiger charge is 2.22. The average Bonchev–Trinajstić information content (AvgIpc) is 2.80. The van der Waals surface area contributed by atoms with E-state index in [4.69, 9.17) is 23.2 Å². The SMILES string of the molecule is CC(Cc1ccc(Cl)c(Cl)c1)C(=O)N(C)CC(=O)NC(c1ccccc1)c1ccccc1. The smallest absolute Gasteiger partial charge is 0.240 e. The van der Waals surface area contributed by atoms with Crippen molar-refractivity contribution in [2.45, 2.75) is 19.4 Å². The average molecular weight is 469 g/mol. The van der Waals surface area contributed by atoms with Crippen molar-refractivity contribution < 1.29 is 9.59 Å². The normalized spacial score (nSPS) is 11.8. The molecule has 4 nitrogen and oxygen atoms in total. The number of hydrogen-bond acceptors (Lipinski definition) is 2. The van der Waals surface area contributed by atoms with Gasteiger partial charge in [-0.2, -0.15) is 0 Å². The van der Waals surface area contributed by atoms with Crippen molar-refractivity contribution in [3.63, 3.8) is 0 Å². The first-order valence-corrected chi connectivity index (χ1v) is 11.2. The number of rotatable bonds is 8. The summed E-state index contributed by atoms with van der Waals surface area (Å²) in [6.07, 6.45) is 0.512. The Balaban J connectivity index is 1.64. The molecule has 6 heteroatoms. The molecule has 0 fully saturated rings. The molecule has 0 aliphatic rings. The van der Waals surface area contributed by atoms with Crippen LogP contribution in [0.15, 0.2) is 78.9 Å². The number of amides is 2. The highest BCUT2D eigenvalue weighted by atomic mass is 35.5. The van der Waals surface area contributed by atoms with E-state index >= 15 is 0 Å². The molecule has 32 heavy (non-hydrogen) atoms. The Kier molecular flexibility index (Phi) is 8.32. The van der Waals surface area contributed by atoms with E-state index in [1.165, 1.54) is 4.90 Å². The van der Waals surface area contributed by atoms with Gasteiger partial charge in [-0.05, 0) is 35.2 Å². The molecule has 166 valence electrons. The molecule has 0 heterocycles. The fourth-order valence-corrected chi connectivity index (χ4v) is 3.95. The molecule has 1 atom stereocenters. The molecule has 1 unspecified atom stereocenters. The van der Waals surface area contributed by atoms with Crippen molar-refractivity contribution in [2.24, 2.45) is 5.92 Å². The summed E-state index contributed by atoms with van der Waals surface area (Å²) < 4.78 is 0. The monoisotopic (exact) mass is 468 g/mol. The molecule has 0 bridgehead atoms. The summed E-state index contributed by atoms with van der Waals surface area (Å²) in [4.78, 5) is 27.2. The highest BCUT2D eigenvalue weighted by molar-refractivity contribution is 6.42. The van der Waals surface area contributed by atoms with Crippen molar-refractivity contribution in [2.75, 3.05) is 13.6 Å². The van der Waals surface area contributed by atoms with Gasteiger partial charge in [-0.25, -0.2) is 0 Å². The Hall–Kier alpha value is -2.82. The van der Waals surface area contributed by atoms with Crippen LogP contribution in [0, 0.1) is 5.92 Å². The van der Waals surface area contributed by atoms with E-state index in [2.05, 4.69) is 5.32 Å². The molecular formula is C26H26Cl2N2O2. The fourth-order valence-electron chi connectivity index (χ4n) is 3.63. The number of hydrogen-bond donors (Lipinski definition) is 1. The van der Waals surface area contributed by atoms with Gasteiger partial charge < -0.3 is 10.2 Å². The summed E-state index contributed by atoms with van der Waals surface area (Å²) in [6.45, 7) is 1.82. The van der Waals surface area contributed by atoms with Crippen LogP contribution in [0.25, 0.3) is 0 Å². The maximum absolute atomic E-state index is 12.8. The lowest BCUT2D eigenvalue weighted by Crippen LogP contribution is -2.42. The second-order valence-electron chi connectivity index (χ2n) is 7.87. The lowest BCUT2D eigenvalue weighted by atomic mass is 9.98. The summed E-state index contributed by atoms with van der Waals surface area (Å²) in [7, 11) is 1.65. The second-order valence-corrected chi connectivity index (χ2v) is 8.68. The first-order chi connectivity index (χ1) is 15.3. The van der Waals surface area contributed by atoms with Crippen LogP contribution in [0.2, 0.25) is 10.0 Å². The van der Waals surface area contributed by atoms with Crippen LogP contribution in [0.1, 0.15) is 29.7 Å². The molecule has 2 amide bonds. The Morgan fingerprint density at radius 3 is 1.97 bits per heavy atom. The summed E-state index contributed by atoms with van der Waals surface area (Å²) >= 11 is 12.0. The molecule has 0 aliphatic heterocycles.